The predicted octanol–water partition coefficient (Wildman–Crippen LogP) is 2.41. The van der Waals surface area contributed by atoms with Gasteiger partial charge in [-0.15, -0.1) is 0 Å². The van der Waals surface area contributed by atoms with Crippen molar-refractivity contribution >= 4 is 38.6 Å². The second-order valence-corrected chi connectivity index (χ2v) is 5.86. The zero-order chi connectivity index (χ0) is 16.4. The van der Waals surface area contributed by atoms with E-state index in [2.05, 4.69) is 31.8 Å². The van der Waals surface area contributed by atoms with Crippen molar-refractivity contribution in [3.05, 3.63) is 64.5 Å². The minimum Gasteiger partial charge on any atom is -0.345 e. The summed E-state index contributed by atoms with van der Waals surface area (Å²) < 4.78 is 2.44. The van der Waals surface area contributed by atoms with Gasteiger partial charge in [0.1, 0.15) is 5.69 Å². The van der Waals surface area contributed by atoms with Crippen molar-refractivity contribution in [3.8, 4) is 0 Å². The van der Waals surface area contributed by atoms with Crippen LogP contribution in [0.4, 0.5) is 0 Å². The van der Waals surface area contributed by atoms with Crippen LogP contribution in [0.25, 0.3) is 10.9 Å². The molecule has 7 heteroatoms. The maximum absolute atomic E-state index is 12.3. The van der Waals surface area contributed by atoms with Gasteiger partial charge in [-0.1, -0.05) is 18.2 Å². The number of hydrazine groups is 1. The van der Waals surface area contributed by atoms with Crippen LogP contribution in [0.3, 0.4) is 0 Å². The number of nitrogens with zero attached hydrogens (tertiary/aromatic N) is 2. The number of carbonyl (C=O) groups is 2. The van der Waals surface area contributed by atoms with Crippen molar-refractivity contribution in [2.75, 3.05) is 0 Å². The molecule has 6 nitrogen and oxygen atoms in total. The summed E-state index contributed by atoms with van der Waals surface area (Å²) in [6.45, 7) is 0. The van der Waals surface area contributed by atoms with Gasteiger partial charge in [0.05, 0.1) is 11.1 Å². The van der Waals surface area contributed by atoms with Crippen LogP contribution in [-0.2, 0) is 7.05 Å². The first kappa shape index (κ1) is 15.2. The van der Waals surface area contributed by atoms with E-state index in [0.717, 1.165) is 9.86 Å². The molecule has 0 aliphatic heterocycles. The van der Waals surface area contributed by atoms with Crippen molar-refractivity contribution in [3.63, 3.8) is 0 Å². The Kier molecular flexibility index (Phi) is 4.12. The Hall–Kier alpha value is -2.67. The van der Waals surface area contributed by atoms with Gasteiger partial charge in [-0.3, -0.25) is 25.4 Å². The lowest BCUT2D eigenvalue weighted by atomic mass is 10.1. The average molecular weight is 373 g/mol. The first-order valence-electron chi connectivity index (χ1n) is 6.82. The SMILES string of the molecule is Cn1cc(Br)cc1C(=O)NNC(=O)c1cccc2cccnc12. The number of rotatable bonds is 2. The number of hydrogen-bond acceptors (Lipinski definition) is 3. The minimum absolute atomic E-state index is 0.400. The molecule has 3 aromatic rings. The van der Waals surface area contributed by atoms with Crippen molar-refractivity contribution in [1.82, 2.24) is 20.4 Å². The van der Waals surface area contributed by atoms with Gasteiger partial charge in [-0.05, 0) is 34.1 Å². The van der Waals surface area contributed by atoms with Crippen molar-refractivity contribution in [2.45, 2.75) is 0 Å². The second kappa shape index (κ2) is 6.21. The van der Waals surface area contributed by atoms with Crippen molar-refractivity contribution < 1.29 is 9.59 Å². The van der Waals surface area contributed by atoms with Crippen LogP contribution in [0.1, 0.15) is 20.8 Å². The third kappa shape index (κ3) is 3.09. The Morgan fingerprint density at radius 2 is 1.87 bits per heavy atom. The van der Waals surface area contributed by atoms with Gasteiger partial charge in [-0.25, -0.2) is 0 Å². The number of nitrogens with one attached hydrogen (secondary N) is 2. The number of para-hydroxylation sites is 1. The summed E-state index contributed by atoms with van der Waals surface area (Å²) in [4.78, 5) is 28.6. The van der Waals surface area contributed by atoms with Gasteiger partial charge < -0.3 is 4.57 Å². The highest BCUT2D eigenvalue weighted by Gasteiger charge is 2.14. The molecule has 1 aromatic carbocycles. The predicted molar refractivity (Wildman–Crippen MR) is 89.8 cm³/mol. The zero-order valence-electron chi connectivity index (χ0n) is 12.2. The lowest BCUT2D eigenvalue weighted by Gasteiger charge is -2.09. The molecule has 0 saturated heterocycles. The molecule has 23 heavy (non-hydrogen) atoms. The van der Waals surface area contributed by atoms with Crippen LogP contribution in [0, 0.1) is 0 Å². The average Bonchev–Trinajstić information content (AvgIpc) is 2.90. The van der Waals surface area contributed by atoms with E-state index in [0.29, 0.717) is 16.8 Å². The van der Waals surface area contributed by atoms with Crippen LogP contribution in [-0.4, -0.2) is 21.4 Å². The Bertz CT molecular complexity index is 899. The normalized spacial score (nSPS) is 10.5. The van der Waals surface area contributed by atoms with E-state index in [1.165, 1.54) is 0 Å². The number of hydrogen-bond donors (Lipinski definition) is 2. The molecule has 0 aliphatic carbocycles. The fourth-order valence-electron chi connectivity index (χ4n) is 2.28. The number of halogens is 1. The quantitative estimate of drug-likeness (QED) is 0.678. The summed E-state index contributed by atoms with van der Waals surface area (Å²) in [6.07, 6.45) is 3.38. The summed E-state index contributed by atoms with van der Waals surface area (Å²) in [5.41, 5.74) is 6.24. The Morgan fingerprint density at radius 1 is 1.13 bits per heavy atom. The Balaban J connectivity index is 1.76. The van der Waals surface area contributed by atoms with Gasteiger partial charge in [0.25, 0.3) is 11.8 Å². The minimum atomic E-state index is -0.420. The van der Waals surface area contributed by atoms with Gasteiger partial charge in [-0.2, -0.15) is 0 Å². The van der Waals surface area contributed by atoms with Crippen LogP contribution in [0.15, 0.2) is 53.3 Å². The van der Waals surface area contributed by atoms with Gasteiger partial charge in [0.2, 0.25) is 0 Å². The molecule has 0 radical (unpaired) electrons. The highest BCUT2D eigenvalue weighted by atomic mass is 79.9. The fourth-order valence-corrected chi connectivity index (χ4v) is 2.81. The molecule has 0 bridgehead atoms. The first-order chi connectivity index (χ1) is 11.1. The van der Waals surface area contributed by atoms with Crippen LogP contribution in [0.5, 0.6) is 0 Å². The standard InChI is InChI=1S/C16H13BrN4O2/c1-21-9-11(17)8-13(21)16(23)20-19-15(22)12-6-2-4-10-5-3-7-18-14(10)12/h2-9H,1H3,(H,19,22)(H,20,23). The molecule has 0 unspecified atom stereocenters. The number of benzene rings is 1. The Morgan fingerprint density at radius 3 is 2.61 bits per heavy atom. The molecule has 3 rings (SSSR count). The van der Waals surface area contributed by atoms with Gasteiger partial charge >= 0.3 is 0 Å². The first-order valence-corrected chi connectivity index (χ1v) is 7.62. The van der Waals surface area contributed by atoms with Crippen LogP contribution < -0.4 is 10.9 Å². The van der Waals surface area contributed by atoms with Crippen LogP contribution in [0.2, 0.25) is 0 Å². The summed E-state index contributed by atoms with van der Waals surface area (Å²) in [5, 5.41) is 0.859. The number of aryl methyl sites for hydroxylation is 1. The topological polar surface area (TPSA) is 76.0 Å². The molecule has 0 fully saturated rings. The zero-order valence-corrected chi connectivity index (χ0v) is 13.8. The molecule has 0 saturated carbocycles. The van der Waals surface area contributed by atoms with E-state index in [1.807, 2.05) is 12.1 Å². The number of aromatic nitrogens is 2. The number of pyridine rings is 1. The third-order valence-corrected chi connectivity index (χ3v) is 3.80. The van der Waals surface area contributed by atoms with E-state index in [4.69, 9.17) is 0 Å². The third-order valence-electron chi connectivity index (χ3n) is 3.37. The molecule has 2 aromatic heterocycles. The van der Waals surface area contributed by atoms with Crippen molar-refractivity contribution in [1.29, 1.82) is 0 Å². The molecule has 0 atom stereocenters. The lowest BCUT2D eigenvalue weighted by Crippen LogP contribution is -2.42. The highest BCUT2D eigenvalue weighted by Crippen LogP contribution is 2.16. The molecule has 2 amide bonds. The number of carbonyl (C=O) groups excluding carboxylic acids is 2. The maximum Gasteiger partial charge on any atom is 0.286 e. The van der Waals surface area contributed by atoms with Gasteiger partial charge in [0, 0.05) is 29.3 Å². The van der Waals surface area contributed by atoms with Gasteiger partial charge in [0.15, 0.2) is 0 Å². The maximum atomic E-state index is 12.3. The summed E-state index contributed by atoms with van der Waals surface area (Å²) in [6, 6.07) is 10.7. The smallest absolute Gasteiger partial charge is 0.286 e. The highest BCUT2D eigenvalue weighted by molar-refractivity contribution is 9.10. The number of fused-ring (bicyclic) bond motifs is 1. The van der Waals surface area contributed by atoms with E-state index >= 15 is 0 Å². The molecule has 2 N–H and O–H groups in total. The molecule has 116 valence electrons. The molecule has 0 spiro atoms. The lowest BCUT2D eigenvalue weighted by molar-refractivity contribution is 0.0843. The fraction of sp³-hybridized carbons (Fsp3) is 0.0625. The van der Waals surface area contributed by atoms with E-state index in [9.17, 15) is 9.59 Å². The summed E-state index contributed by atoms with van der Waals surface area (Å²) in [7, 11) is 1.75. The second-order valence-electron chi connectivity index (χ2n) is 4.94. The van der Waals surface area contributed by atoms with E-state index < -0.39 is 11.8 Å². The molecular weight excluding hydrogens is 360 g/mol. The van der Waals surface area contributed by atoms with Crippen molar-refractivity contribution in [2.24, 2.45) is 7.05 Å². The Labute approximate surface area is 140 Å². The molecular formula is C16H13BrN4O2. The molecule has 2 heterocycles. The van der Waals surface area contributed by atoms with E-state index in [1.54, 1.807) is 48.3 Å². The largest absolute Gasteiger partial charge is 0.345 e. The van der Waals surface area contributed by atoms with Crippen LogP contribution >= 0.6 is 15.9 Å². The monoisotopic (exact) mass is 372 g/mol. The number of amides is 2. The summed E-state index contributed by atoms with van der Waals surface area (Å²) >= 11 is 3.30. The molecule has 0 aliphatic rings. The van der Waals surface area contributed by atoms with E-state index in [-0.39, 0.29) is 0 Å². The summed E-state index contributed by atoms with van der Waals surface area (Å²) in [5.74, 6) is -0.823.